The molecule has 2 rings (SSSR count). The molecular weight excluding hydrogens is 280 g/mol. The lowest BCUT2D eigenvalue weighted by Crippen LogP contribution is -2.34. The molecule has 0 saturated carbocycles. The molecule has 2 aromatic rings. The highest BCUT2D eigenvalue weighted by atomic mass is 16.3. The van der Waals surface area contributed by atoms with Gasteiger partial charge in [0, 0.05) is 31.5 Å². The largest absolute Gasteiger partial charge is 0.395 e. The van der Waals surface area contributed by atoms with Crippen molar-refractivity contribution in [2.75, 3.05) is 19.7 Å². The Labute approximate surface area is 130 Å². The van der Waals surface area contributed by atoms with Crippen molar-refractivity contribution < 1.29 is 9.90 Å². The fraction of sp³-hybridized carbons (Fsp3) is 0.375. The second kappa shape index (κ2) is 6.62. The Bertz CT molecular complexity index is 665. The summed E-state index contributed by atoms with van der Waals surface area (Å²) in [6.45, 7) is 8.21. The van der Waals surface area contributed by atoms with Crippen LogP contribution >= 0.6 is 0 Å². The number of aryl methyl sites for hydroxylation is 3. The maximum atomic E-state index is 12.8. The molecule has 6 heteroatoms. The number of aliphatic hydroxyl groups excluding tert-OH is 1. The summed E-state index contributed by atoms with van der Waals surface area (Å²) in [6, 6.07) is 4.01. The fourth-order valence-electron chi connectivity index (χ4n) is 2.57. The molecule has 0 aliphatic heterocycles. The molecule has 0 radical (unpaired) electrons. The molecule has 6 nitrogen and oxygen atoms in total. The zero-order valence-corrected chi connectivity index (χ0v) is 13.3. The predicted octanol–water partition coefficient (Wildman–Crippen LogP) is 1.45. The molecule has 0 fully saturated rings. The minimum Gasteiger partial charge on any atom is -0.395 e. The van der Waals surface area contributed by atoms with Gasteiger partial charge >= 0.3 is 0 Å². The number of hydrogen-bond acceptors (Lipinski definition) is 3. The Morgan fingerprint density at radius 3 is 2.59 bits per heavy atom. The number of aliphatic hydroxyl groups is 1. The standard InChI is InChI=1S/C16H22N4O2/c1-5-8-19(9-10-21)16(22)14-11-17-18(4)15(14)20-12(2)6-7-13(20)3/h5-7,11,21H,1,8-10H2,2-4H3. The van der Waals surface area contributed by atoms with E-state index in [0.29, 0.717) is 12.1 Å². The molecule has 0 bridgehead atoms. The van der Waals surface area contributed by atoms with Crippen molar-refractivity contribution in [3.63, 3.8) is 0 Å². The molecule has 2 heterocycles. The zero-order valence-electron chi connectivity index (χ0n) is 13.3. The average molecular weight is 302 g/mol. The lowest BCUT2D eigenvalue weighted by Gasteiger charge is -2.21. The molecule has 0 saturated heterocycles. The zero-order chi connectivity index (χ0) is 16.3. The van der Waals surface area contributed by atoms with Crippen LogP contribution in [0.3, 0.4) is 0 Å². The maximum absolute atomic E-state index is 12.8. The van der Waals surface area contributed by atoms with Gasteiger partial charge in [-0.25, -0.2) is 0 Å². The van der Waals surface area contributed by atoms with E-state index >= 15 is 0 Å². The predicted molar refractivity (Wildman–Crippen MR) is 85.2 cm³/mol. The molecule has 1 N–H and O–H groups in total. The van der Waals surface area contributed by atoms with Crippen molar-refractivity contribution in [3.8, 4) is 5.82 Å². The van der Waals surface area contributed by atoms with Crippen LogP contribution in [0.4, 0.5) is 0 Å². The Morgan fingerprint density at radius 1 is 1.41 bits per heavy atom. The Balaban J connectivity index is 2.49. The van der Waals surface area contributed by atoms with Gasteiger partial charge in [0.2, 0.25) is 0 Å². The first-order valence-corrected chi connectivity index (χ1v) is 7.19. The van der Waals surface area contributed by atoms with Crippen molar-refractivity contribution in [1.82, 2.24) is 19.2 Å². The second-order valence-corrected chi connectivity index (χ2v) is 5.22. The van der Waals surface area contributed by atoms with E-state index in [4.69, 9.17) is 5.11 Å². The van der Waals surface area contributed by atoms with Gasteiger partial charge in [0.15, 0.2) is 0 Å². The van der Waals surface area contributed by atoms with Crippen LogP contribution in [0.15, 0.2) is 31.0 Å². The Hall–Kier alpha value is -2.34. The lowest BCUT2D eigenvalue weighted by molar-refractivity contribution is 0.0743. The Morgan fingerprint density at radius 2 is 2.05 bits per heavy atom. The van der Waals surface area contributed by atoms with Crippen LogP contribution in [0.5, 0.6) is 0 Å². The van der Waals surface area contributed by atoms with Gasteiger partial charge < -0.3 is 14.6 Å². The molecule has 0 aromatic carbocycles. The number of amides is 1. The molecule has 0 aliphatic carbocycles. The van der Waals surface area contributed by atoms with Gasteiger partial charge in [0.05, 0.1) is 12.8 Å². The first kappa shape index (κ1) is 16.0. The number of carbonyl (C=O) groups is 1. The van der Waals surface area contributed by atoms with Crippen LogP contribution in [-0.2, 0) is 7.05 Å². The molecule has 0 unspecified atom stereocenters. The van der Waals surface area contributed by atoms with Gasteiger partial charge in [0.25, 0.3) is 5.91 Å². The summed E-state index contributed by atoms with van der Waals surface area (Å²) < 4.78 is 3.70. The highest BCUT2D eigenvalue weighted by Crippen LogP contribution is 2.21. The smallest absolute Gasteiger partial charge is 0.259 e. The minimum absolute atomic E-state index is 0.0866. The van der Waals surface area contributed by atoms with E-state index in [1.165, 1.54) is 0 Å². The third-order valence-electron chi connectivity index (χ3n) is 3.63. The van der Waals surface area contributed by atoms with Gasteiger partial charge in [0.1, 0.15) is 11.4 Å². The van der Waals surface area contributed by atoms with E-state index < -0.39 is 0 Å². The van der Waals surface area contributed by atoms with Gasteiger partial charge in [-0.3, -0.25) is 9.48 Å². The number of hydrogen-bond donors (Lipinski definition) is 1. The summed E-state index contributed by atoms with van der Waals surface area (Å²) in [5, 5.41) is 13.4. The first-order valence-electron chi connectivity index (χ1n) is 7.19. The number of carbonyl (C=O) groups excluding carboxylic acids is 1. The van der Waals surface area contributed by atoms with Crippen LogP contribution in [0.1, 0.15) is 21.7 Å². The molecule has 118 valence electrons. The highest BCUT2D eigenvalue weighted by molar-refractivity contribution is 5.97. The number of nitrogens with zero attached hydrogens (tertiary/aromatic N) is 4. The minimum atomic E-state index is -0.162. The molecule has 22 heavy (non-hydrogen) atoms. The molecule has 0 atom stereocenters. The van der Waals surface area contributed by atoms with E-state index in [1.807, 2.05) is 37.6 Å². The monoisotopic (exact) mass is 302 g/mol. The number of rotatable bonds is 6. The highest BCUT2D eigenvalue weighted by Gasteiger charge is 2.23. The molecule has 2 aromatic heterocycles. The van der Waals surface area contributed by atoms with Crippen molar-refractivity contribution >= 4 is 5.91 Å². The summed E-state index contributed by atoms with van der Waals surface area (Å²) in [5.74, 6) is 0.571. The van der Waals surface area contributed by atoms with Crippen molar-refractivity contribution in [1.29, 1.82) is 0 Å². The van der Waals surface area contributed by atoms with Crippen LogP contribution in [-0.4, -0.2) is 50.0 Å². The van der Waals surface area contributed by atoms with E-state index in [0.717, 1.165) is 17.2 Å². The van der Waals surface area contributed by atoms with Crippen LogP contribution in [0.2, 0.25) is 0 Å². The number of aromatic nitrogens is 3. The molecular formula is C16H22N4O2. The quantitative estimate of drug-likeness (QED) is 0.822. The lowest BCUT2D eigenvalue weighted by atomic mass is 10.2. The van der Waals surface area contributed by atoms with E-state index in [1.54, 1.807) is 21.9 Å². The summed E-state index contributed by atoms with van der Waals surface area (Å²) >= 11 is 0. The van der Waals surface area contributed by atoms with Gasteiger partial charge in [-0.05, 0) is 26.0 Å². The summed E-state index contributed by atoms with van der Waals surface area (Å²) in [4.78, 5) is 14.3. The van der Waals surface area contributed by atoms with E-state index in [-0.39, 0.29) is 19.1 Å². The van der Waals surface area contributed by atoms with Crippen LogP contribution in [0.25, 0.3) is 5.82 Å². The SMILES string of the molecule is C=CCN(CCO)C(=O)c1cnn(C)c1-n1c(C)ccc1C. The topological polar surface area (TPSA) is 63.3 Å². The third-order valence-corrected chi connectivity index (χ3v) is 3.63. The first-order chi connectivity index (χ1) is 10.5. The fourth-order valence-corrected chi connectivity index (χ4v) is 2.57. The van der Waals surface area contributed by atoms with E-state index in [2.05, 4.69) is 11.7 Å². The van der Waals surface area contributed by atoms with Gasteiger partial charge in [-0.15, -0.1) is 6.58 Å². The van der Waals surface area contributed by atoms with Crippen LogP contribution < -0.4 is 0 Å². The average Bonchev–Trinajstić information content (AvgIpc) is 3.01. The van der Waals surface area contributed by atoms with Crippen LogP contribution in [0, 0.1) is 13.8 Å². The Kier molecular flexibility index (Phi) is 4.82. The third kappa shape index (κ3) is 2.82. The normalized spacial score (nSPS) is 10.7. The van der Waals surface area contributed by atoms with Gasteiger partial charge in [-0.1, -0.05) is 6.08 Å². The van der Waals surface area contributed by atoms with Crippen molar-refractivity contribution in [2.24, 2.45) is 7.05 Å². The van der Waals surface area contributed by atoms with Crippen molar-refractivity contribution in [2.45, 2.75) is 13.8 Å². The van der Waals surface area contributed by atoms with E-state index in [9.17, 15) is 4.79 Å². The summed E-state index contributed by atoms with van der Waals surface area (Å²) in [7, 11) is 1.81. The maximum Gasteiger partial charge on any atom is 0.259 e. The molecule has 0 aliphatic rings. The summed E-state index contributed by atoms with van der Waals surface area (Å²) in [6.07, 6.45) is 3.22. The second-order valence-electron chi connectivity index (χ2n) is 5.22. The van der Waals surface area contributed by atoms with Gasteiger partial charge in [-0.2, -0.15) is 5.10 Å². The van der Waals surface area contributed by atoms with Crippen molar-refractivity contribution in [3.05, 3.63) is 47.9 Å². The molecule has 1 amide bonds. The molecule has 0 spiro atoms. The summed E-state index contributed by atoms with van der Waals surface area (Å²) in [5.41, 5.74) is 2.58.